The molecule has 0 unspecified atom stereocenters. The summed E-state index contributed by atoms with van der Waals surface area (Å²) in [6.07, 6.45) is 19.9. The van der Waals surface area contributed by atoms with E-state index in [1.807, 2.05) is 92.1 Å². The minimum atomic E-state index is -2.44. The summed E-state index contributed by atoms with van der Waals surface area (Å²) >= 11 is 0. The van der Waals surface area contributed by atoms with E-state index in [4.69, 9.17) is 92.0 Å². The van der Waals surface area contributed by atoms with Gasteiger partial charge in [0.25, 0.3) is 17.7 Å². The lowest BCUT2D eigenvalue weighted by Crippen LogP contribution is -2.61. The number of unbranched alkanes of at least 4 members (excludes halogenated alkanes) is 1. The number of amides is 2. The standard InChI is InChI=1S/C99H146N12O23/c1-65-19-13-12-14-20-66(2)83(119-8)59-78-28-23-71(7)99(118,134-78)93(115)96(116)110-33-17-15-22-80(110)97(117)132-85(60-84(120-9)67(3)54-70(6)91(114)92(122-11)90(113)69(5)53-65)68(4)55-72-25-29-82(86(57-72)121-10)131-36-18-16-21-77-63-109(107-105-77)35-38-124-40-42-126-44-46-128-48-50-130-52-51-129-49-47-127-45-43-125-41-39-123-37-32-87(112)108-34-31-74-56-73(24-26-76(74)62-108)61-111-95-88(94(100)102-64-103-95)89(106-111)75-27-30-81-79(58-75)104-98(101)133-81/h12-14,19-20,24,26-27,30,54,56,58,63-65,67-69,71-72,78,80,82-86,91-92,114,118H,15-18,21-23,25,28-29,31-53,55,57,59-62H2,1-11H3,(H2,101,104)(H2,100,102,103)/b14-12+,19-13+,66-20+,70-54+/t65-,67-,68-,69-,71-,72+,78+,80+,82-,83+,84-,85+,86-,91-,92+,99-/m1/s1. The lowest BCUT2D eigenvalue weighted by Gasteiger charge is -2.43. The minimum Gasteiger partial charge on any atom is -0.460 e. The van der Waals surface area contributed by atoms with Gasteiger partial charge in [-0.05, 0) is 168 Å². The number of carbonyl (C=O) groups excluding carboxylic acids is 5. The Hall–Kier alpha value is -8.73. The predicted molar refractivity (Wildman–Crippen MR) is 501 cm³/mol. The summed E-state index contributed by atoms with van der Waals surface area (Å²) in [6.45, 7) is 22.9. The van der Waals surface area contributed by atoms with Gasteiger partial charge in [-0.3, -0.25) is 19.2 Å². The Kier molecular flexibility index (Phi) is 42.9. The number of benzene rings is 2. The number of aromatic nitrogens is 8. The van der Waals surface area contributed by atoms with E-state index in [9.17, 15) is 34.2 Å². The zero-order valence-electron chi connectivity index (χ0n) is 80.4. The average Bonchev–Trinajstić information content (AvgIpc) is 1.60. The average molecular weight is 1870 g/mol. The molecule has 1 saturated carbocycles. The number of anilines is 2. The number of esters is 1. The van der Waals surface area contributed by atoms with Crippen LogP contribution in [0.5, 0.6) is 0 Å². The molecule has 5 aliphatic rings. The normalized spacial score (nSPS) is 26.8. The molecule has 2 aromatic carbocycles. The zero-order valence-corrected chi connectivity index (χ0v) is 80.4. The van der Waals surface area contributed by atoms with Crippen molar-refractivity contribution < 1.29 is 110 Å². The molecule has 3 fully saturated rings. The van der Waals surface area contributed by atoms with Crippen LogP contribution in [0.3, 0.4) is 0 Å². The number of aliphatic hydroxyl groups excluding tert-OH is 1. The number of ketones is 2. The number of nitrogen functional groups attached to an aromatic ring is 2. The smallest absolute Gasteiger partial charge is 0.329 e. The van der Waals surface area contributed by atoms with Crippen LogP contribution < -0.4 is 11.5 Å². The number of rotatable bonds is 43. The van der Waals surface area contributed by atoms with Crippen LogP contribution in [0, 0.1) is 35.5 Å². The summed E-state index contributed by atoms with van der Waals surface area (Å²) in [7, 11) is 6.34. The van der Waals surface area contributed by atoms with Gasteiger partial charge in [-0.2, -0.15) is 10.1 Å². The van der Waals surface area contributed by atoms with Crippen LogP contribution in [0.15, 0.2) is 101 Å². The van der Waals surface area contributed by atoms with Crippen LogP contribution in [0.25, 0.3) is 33.4 Å². The fourth-order valence-electron chi connectivity index (χ4n) is 18.6. The van der Waals surface area contributed by atoms with Gasteiger partial charge in [0.05, 0.1) is 167 Å². The highest BCUT2D eigenvalue weighted by molar-refractivity contribution is 6.39. The third-order valence-corrected chi connectivity index (χ3v) is 26.4. The molecule has 2 saturated heterocycles. The van der Waals surface area contributed by atoms with Crippen LogP contribution in [0.1, 0.15) is 167 Å². The van der Waals surface area contributed by atoms with Gasteiger partial charge in [-0.15, -0.1) is 5.10 Å². The van der Waals surface area contributed by atoms with Crippen LogP contribution in [-0.2, 0) is 128 Å². The van der Waals surface area contributed by atoms with Crippen molar-refractivity contribution in [3.05, 3.63) is 119 Å². The molecule has 35 nitrogen and oxygen atoms in total. The van der Waals surface area contributed by atoms with E-state index in [-0.39, 0.29) is 79.4 Å². The molecule has 0 spiro atoms. The highest BCUT2D eigenvalue weighted by Crippen LogP contribution is 2.40. The van der Waals surface area contributed by atoms with Gasteiger partial charge in [0.15, 0.2) is 17.0 Å². The molecule has 16 atom stereocenters. The molecule has 2 amide bonds. The number of cyclic esters (lactones) is 1. The van der Waals surface area contributed by atoms with E-state index in [1.165, 1.54) is 23.9 Å². The Balaban J connectivity index is 0.507. The van der Waals surface area contributed by atoms with Crippen LogP contribution in [-0.4, -0.2) is 304 Å². The van der Waals surface area contributed by atoms with E-state index < -0.39 is 77.9 Å². The highest BCUT2D eigenvalue weighted by atomic mass is 16.6. The van der Waals surface area contributed by atoms with Gasteiger partial charge in [-0.25, -0.2) is 24.1 Å². The van der Waals surface area contributed by atoms with Gasteiger partial charge < -0.3 is 107 Å². The zero-order chi connectivity index (χ0) is 95.5. The molecule has 8 heterocycles. The van der Waals surface area contributed by atoms with Gasteiger partial charge >= 0.3 is 5.97 Å². The molecule has 35 heteroatoms. The molecule has 1 aliphatic carbocycles. The molecule has 740 valence electrons. The van der Waals surface area contributed by atoms with Gasteiger partial charge in [0.1, 0.15) is 47.7 Å². The Morgan fingerprint density at radius 2 is 1.38 bits per heavy atom. The van der Waals surface area contributed by atoms with Crippen LogP contribution >= 0.6 is 0 Å². The third kappa shape index (κ3) is 30.9. The summed E-state index contributed by atoms with van der Waals surface area (Å²) in [5.41, 5.74) is 21.1. The third-order valence-electron chi connectivity index (χ3n) is 26.4. The molecular formula is C99H146N12O23. The first-order chi connectivity index (χ1) is 64.9. The Labute approximate surface area is 787 Å². The number of allylic oxidation sites excluding steroid dienone is 5. The number of Topliss-reactive ketones (excluding diaryl/α,β-unsaturated/α-hetero) is 2. The van der Waals surface area contributed by atoms with Crippen LogP contribution in [0.4, 0.5) is 11.8 Å². The second-order valence-electron chi connectivity index (χ2n) is 36.3. The molecular weight excluding hydrogens is 1730 g/mol. The number of carbonyl (C=O) groups is 5. The maximum absolute atomic E-state index is 15.0. The Morgan fingerprint density at radius 3 is 2.07 bits per heavy atom. The summed E-state index contributed by atoms with van der Waals surface area (Å²) in [6, 6.07) is 10.9. The van der Waals surface area contributed by atoms with Crippen molar-refractivity contribution in [2.75, 3.05) is 165 Å². The fourth-order valence-corrected chi connectivity index (χ4v) is 18.6. The molecule has 134 heavy (non-hydrogen) atoms. The summed E-state index contributed by atoms with van der Waals surface area (Å²) in [5, 5.41) is 38.3. The van der Waals surface area contributed by atoms with Gasteiger partial charge in [-0.1, -0.05) is 94.5 Å². The van der Waals surface area contributed by atoms with Crippen molar-refractivity contribution in [3.8, 4) is 11.3 Å². The lowest BCUT2D eigenvalue weighted by atomic mass is 9.78. The first-order valence-electron chi connectivity index (χ1n) is 48.0. The number of nitrogens with two attached hydrogens (primary N) is 2. The van der Waals surface area contributed by atoms with Crippen molar-refractivity contribution in [1.82, 2.24) is 49.5 Å². The summed E-state index contributed by atoms with van der Waals surface area (Å²) in [4.78, 5) is 87.6. The molecule has 4 aromatic heterocycles. The minimum absolute atomic E-state index is 0.0221. The lowest BCUT2D eigenvalue weighted by molar-refractivity contribution is -0.265. The van der Waals surface area contributed by atoms with Crippen molar-refractivity contribution in [3.63, 3.8) is 0 Å². The number of aryl methyl sites for hydroxylation is 1. The SMILES string of the molecule is CO[C@H]1C[C@@H]2CC[C@@H](C)[C@@](O)(O2)C(=O)C(=O)N2CCCC[C@H]2C(=O)O[C@H]([C@H](C)C[C@@H]2CC[C@@H](OCCCCc3cn(CCOCCOCCOCCOCCOCCOCCOCCOCCC(=O)N4CCc5cc(Cn6nc(-c7ccc8oc(N)nc8c7)c7c(N)ncnc76)ccc5C4)nn3)[C@H](OC)C2)C[C@@H](OC)[C@H](C)/C=C(\C)[C@@H](O)[C@@H](OC)C(=O)[C@H](C)C[C@H](C)/C=C/C=C/C=C/1C. The molecule has 11 rings (SSSR count). The van der Waals surface area contributed by atoms with E-state index in [0.717, 1.165) is 72.9 Å². The Bertz CT molecular complexity index is 4790. The van der Waals surface area contributed by atoms with E-state index in [0.29, 0.717) is 223 Å². The largest absolute Gasteiger partial charge is 0.460 e. The van der Waals surface area contributed by atoms with Crippen LogP contribution in [0.2, 0.25) is 0 Å². The fraction of sp³-hybridized carbons (Fsp3) is 0.667. The summed E-state index contributed by atoms with van der Waals surface area (Å²) in [5.74, 6) is -6.53. The molecule has 6 N–H and O–H groups in total. The van der Waals surface area contributed by atoms with E-state index in [1.54, 1.807) is 45.9 Å². The number of oxazole rings is 1. The van der Waals surface area contributed by atoms with Gasteiger partial charge in [0.2, 0.25) is 11.7 Å². The molecule has 6 aromatic rings. The molecule has 4 aliphatic heterocycles. The van der Waals surface area contributed by atoms with Crippen molar-refractivity contribution in [2.45, 2.75) is 238 Å². The second-order valence-corrected chi connectivity index (χ2v) is 36.3. The molecule has 0 radical (unpaired) electrons. The quantitative estimate of drug-likeness (QED) is 0.0120. The number of fused-ring (bicyclic) bond motifs is 6. The predicted octanol–water partition coefficient (Wildman–Crippen LogP) is 10.5. The first kappa shape index (κ1) is 106. The van der Waals surface area contributed by atoms with Crippen molar-refractivity contribution >= 4 is 63.3 Å². The van der Waals surface area contributed by atoms with Crippen molar-refractivity contribution in [2.24, 2.45) is 35.5 Å². The maximum Gasteiger partial charge on any atom is 0.329 e. The number of methoxy groups -OCH3 is 4. The number of hydrogen-bond donors (Lipinski definition) is 4. The maximum atomic E-state index is 15.0. The number of piperidine rings is 1. The second kappa shape index (κ2) is 54.4. The highest BCUT2D eigenvalue weighted by Gasteiger charge is 2.53. The number of nitrogens with zero attached hydrogens (tertiary/aromatic N) is 10. The van der Waals surface area contributed by atoms with Gasteiger partial charge in [0, 0.05) is 97.0 Å². The number of hydrogen-bond acceptors (Lipinski definition) is 31. The summed E-state index contributed by atoms with van der Waals surface area (Å²) < 4.78 is 98.0. The van der Waals surface area contributed by atoms with E-state index in [2.05, 4.69) is 50.4 Å². The number of ether oxygens (including phenoxy) is 15. The molecule has 2 bridgehead atoms. The monoisotopic (exact) mass is 1870 g/mol. The van der Waals surface area contributed by atoms with E-state index >= 15 is 0 Å². The van der Waals surface area contributed by atoms with Crippen molar-refractivity contribution in [1.29, 1.82) is 0 Å². The topological polar surface area (TPSA) is 423 Å². The first-order valence-corrected chi connectivity index (χ1v) is 48.0. The number of aliphatic hydroxyl groups is 2. The Morgan fingerprint density at radius 1 is 0.687 bits per heavy atom.